The van der Waals surface area contributed by atoms with Crippen molar-refractivity contribution in [3.63, 3.8) is 0 Å². The van der Waals surface area contributed by atoms with Crippen LogP contribution in [0.4, 0.5) is 4.39 Å². The first-order chi connectivity index (χ1) is 6.09. The van der Waals surface area contributed by atoms with Crippen LogP contribution in [-0.4, -0.2) is 6.04 Å². The number of hydrogen-bond acceptors (Lipinski definition) is 1. The average Bonchev–Trinajstić information content (AvgIpc) is 2.07. The van der Waals surface area contributed by atoms with Gasteiger partial charge in [0.15, 0.2) is 0 Å². The third-order valence-electron chi connectivity index (χ3n) is 1.36. The maximum Gasteiger partial charge on any atom is 0.141 e. The molecule has 3 heteroatoms. The lowest BCUT2D eigenvalue weighted by Gasteiger charge is -1.94. The quantitative estimate of drug-likeness (QED) is 0.634. The van der Waals surface area contributed by atoms with Crippen molar-refractivity contribution in [1.29, 1.82) is 0 Å². The van der Waals surface area contributed by atoms with Crippen LogP contribution in [0.1, 0.15) is 12.5 Å². The minimum Gasteiger partial charge on any atom is -0.318 e. The molecule has 0 aliphatic carbocycles. The topological polar surface area (TPSA) is 26.0 Å². The van der Waals surface area contributed by atoms with Crippen molar-refractivity contribution in [2.24, 2.45) is 5.73 Å². The Morgan fingerprint density at radius 3 is 2.77 bits per heavy atom. The molecule has 1 rings (SSSR count). The summed E-state index contributed by atoms with van der Waals surface area (Å²) in [4.78, 5) is 0. The fourth-order valence-corrected chi connectivity index (χ4v) is 0.952. The smallest absolute Gasteiger partial charge is 0.141 e. The van der Waals surface area contributed by atoms with E-state index in [1.807, 2.05) is 0 Å². The van der Waals surface area contributed by atoms with Gasteiger partial charge in [0.2, 0.25) is 0 Å². The van der Waals surface area contributed by atoms with Crippen LogP contribution in [0.3, 0.4) is 0 Å². The molecule has 0 aliphatic heterocycles. The number of rotatable bonds is 0. The van der Waals surface area contributed by atoms with Gasteiger partial charge in [-0.3, -0.25) is 0 Å². The van der Waals surface area contributed by atoms with E-state index in [1.165, 1.54) is 12.1 Å². The number of nitrogens with two attached hydrogens (primary N) is 1. The summed E-state index contributed by atoms with van der Waals surface area (Å²) in [5.74, 6) is 5.10. The predicted molar refractivity (Wildman–Crippen MR) is 51.9 cm³/mol. The van der Waals surface area contributed by atoms with Crippen LogP contribution in [0.5, 0.6) is 0 Å². The Morgan fingerprint density at radius 2 is 2.23 bits per heavy atom. The first kappa shape index (κ1) is 10.0. The second-order valence-corrected chi connectivity index (χ2v) is 3.09. The first-order valence-electron chi connectivity index (χ1n) is 3.82. The Balaban J connectivity index is 2.94. The van der Waals surface area contributed by atoms with Crippen molar-refractivity contribution in [3.05, 3.63) is 34.6 Å². The monoisotopic (exact) mass is 197 g/mol. The van der Waals surface area contributed by atoms with Gasteiger partial charge in [0.25, 0.3) is 0 Å². The first-order valence-corrected chi connectivity index (χ1v) is 4.19. The van der Waals surface area contributed by atoms with Crippen LogP contribution in [0.15, 0.2) is 18.2 Å². The molecule has 13 heavy (non-hydrogen) atoms. The van der Waals surface area contributed by atoms with Crippen molar-refractivity contribution >= 4 is 11.6 Å². The zero-order valence-corrected chi connectivity index (χ0v) is 7.90. The normalized spacial score (nSPS) is 11.7. The average molecular weight is 198 g/mol. The van der Waals surface area contributed by atoms with Crippen molar-refractivity contribution in [2.45, 2.75) is 13.0 Å². The third kappa shape index (κ3) is 3.06. The van der Waals surface area contributed by atoms with Crippen molar-refractivity contribution in [3.8, 4) is 11.8 Å². The molecular formula is C10H9ClFN. The molecule has 0 amide bonds. The van der Waals surface area contributed by atoms with Gasteiger partial charge in [-0.1, -0.05) is 23.4 Å². The summed E-state index contributed by atoms with van der Waals surface area (Å²) < 4.78 is 12.7. The van der Waals surface area contributed by atoms with Gasteiger partial charge in [-0.2, -0.15) is 0 Å². The van der Waals surface area contributed by atoms with Crippen LogP contribution in [-0.2, 0) is 0 Å². The molecule has 0 saturated heterocycles. The van der Waals surface area contributed by atoms with E-state index in [4.69, 9.17) is 17.3 Å². The summed E-state index contributed by atoms with van der Waals surface area (Å²) in [7, 11) is 0. The number of halogens is 2. The van der Waals surface area contributed by atoms with Crippen LogP contribution < -0.4 is 5.73 Å². The van der Waals surface area contributed by atoms with Crippen molar-refractivity contribution < 1.29 is 4.39 Å². The highest BCUT2D eigenvalue weighted by Crippen LogP contribution is 2.15. The lowest BCUT2D eigenvalue weighted by molar-refractivity contribution is 0.628. The van der Waals surface area contributed by atoms with Gasteiger partial charge in [0.1, 0.15) is 5.82 Å². The van der Waals surface area contributed by atoms with Crippen LogP contribution in [0.2, 0.25) is 5.02 Å². The van der Waals surface area contributed by atoms with Gasteiger partial charge in [0.05, 0.1) is 11.1 Å². The van der Waals surface area contributed by atoms with Crippen LogP contribution in [0.25, 0.3) is 0 Å². The summed E-state index contributed by atoms with van der Waals surface area (Å²) in [6, 6.07) is 4.14. The Hall–Kier alpha value is -1.04. The summed E-state index contributed by atoms with van der Waals surface area (Å²) >= 11 is 5.56. The highest BCUT2D eigenvalue weighted by molar-refractivity contribution is 6.30. The fourth-order valence-electron chi connectivity index (χ4n) is 0.771. The van der Waals surface area contributed by atoms with E-state index in [0.717, 1.165) is 0 Å². The van der Waals surface area contributed by atoms with Crippen molar-refractivity contribution in [2.75, 3.05) is 0 Å². The molecule has 1 aromatic carbocycles. The van der Waals surface area contributed by atoms with Gasteiger partial charge in [-0.15, -0.1) is 0 Å². The van der Waals surface area contributed by atoms with Gasteiger partial charge in [-0.25, -0.2) is 4.39 Å². The standard InChI is InChI=1S/C10H9ClFN/c1-7(13)2-3-8-4-5-10(12)9(11)6-8/h4-7H,13H2,1H3. The molecule has 0 fully saturated rings. The van der Waals surface area contributed by atoms with Crippen molar-refractivity contribution in [1.82, 2.24) is 0 Å². The zero-order valence-electron chi connectivity index (χ0n) is 7.14. The second kappa shape index (κ2) is 4.27. The largest absolute Gasteiger partial charge is 0.318 e. The van der Waals surface area contributed by atoms with E-state index >= 15 is 0 Å². The molecule has 0 aromatic heterocycles. The Labute approximate surface area is 81.7 Å². The Kier molecular flexibility index (Phi) is 3.30. The number of benzene rings is 1. The molecule has 1 nitrogen and oxygen atoms in total. The Morgan fingerprint density at radius 1 is 1.54 bits per heavy atom. The summed E-state index contributed by atoms with van der Waals surface area (Å²) in [5, 5.41) is 0.0801. The molecule has 0 aliphatic rings. The maximum atomic E-state index is 12.7. The lowest BCUT2D eigenvalue weighted by Crippen LogP contribution is -2.10. The Bertz CT molecular complexity index is 363. The molecule has 0 spiro atoms. The molecule has 0 radical (unpaired) electrons. The van der Waals surface area contributed by atoms with Gasteiger partial charge in [0, 0.05) is 5.56 Å². The van der Waals surface area contributed by atoms with E-state index < -0.39 is 5.82 Å². The molecule has 1 aromatic rings. The molecule has 0 saturated carbocycles. The van der Waals surface area contributed by atoms with Gasteiger partial charge in [-0.05, 0) is 25.1 Å². The second-order valence-electron chi connectivity index (χ2n) is 2.69. The highest BCUT2D eigenvalue weighted by Gasteiger charge is 1.97. The SMILES string of the molecule is CC(N)C#Cc1ccc(F)c(Cl)c1. The van der Waals surface area contributed by atoms with E-state index in [0.29, 0.717) is 5.56 Å². The highest BCUT2D eigenvalue weighted by atomic mass is 35.5. The molecule has 2 N–H and O–H groups in total. The fraction of sp³-hybridized carbons (Fsp3) is 0.200. The molecule has 1 atom stereocenters. The minimum absolute atomic E-state index is 0.0801. The van der Waals surface area contributed by atoms with Crippen LogP contribution in [0, 0.1) is 17.7 Å². The molecule has 0 heterocycles. The zero-order chi connectivity index (χ0) is 9.84. The van der Waals surface area contributed by atoms with E-state index in [1.54, 1.807) is 13.0 Å². The molecular weight excluding hydrogens is 189 g/mol. The molecule has 0 bridgehead atoms. The van der Waals surface area contributed by atoms with E-state index in [2.05, 4.69) is 11.8 Å². The van der Waals surface area contributed by atoms with Gasteiger partial charge < -0.3 is 5.73 Å². The maximum absolute atomic E-state index is 12.7. The third-order valence-corrected chi connectivity index (χ3v) is 1.65. The molecule has 68 valence electrons. The molecule has 1 unspecified atom stereocenters. The summed E-state index contributed by atoms with van der Waals surface area (Å²) in [5.41, 5.74) is 6.10. The van der Waals surface area contributed by atoms with Gasteiger partial charge >= 0.3 is 0 Å². The summed E-state index contributed by atoms with van der Waals surface area (Å²) in [6.07, 6.45) is 0. The minimum atomic E-state index is -0.437. The number of hydrogen-bond donors (Lipinski definition) is 1. The van der Waals surface area contributed by atoms with Crippen LogP contribution >= 0.6 is 11.6 Å². The predicted octanol–water partition coefficient (Wildman–Crippen LogP) is 2.18. The van der Waals surface area contributed by atoms with E-state index in [9.17, 15) is 4.39 Å². The lowest BCUT2D eigenvalue weighted by atomic mass is 10.2. The summed E-state index contributed by atoms with van der Waals surface area (Å²) in [6.45, 7) is 1.78. The van der Waals surface area contributed by atoms with E-state index in [-0.39, 0.29) is 11.1 Å².